The van der Waals surface area contributed by atoms with E-state index in [-0.39, 0.29) is 0 Å². The first-order valence-corrected chi connectivity index (χ1v) is 6.62. The Morgan fingerprint density at radius 3 is 2.94 bits per heavy atom. The van der Waals surface area contributed by atoms with Crippen LogP contribution in [0.15, 0.2) is 28.9 Å². The lowest BCUT2D eigenvalue weighted by Gasteiger charge is -2.21. The number of nitrogen functional groups attached to an aromatic ring is 1. The second-order valence-corrected chi connectivity index (χ2v) is 5.16. The molecule has 0 aliphatic carbocycles. The zero-order valence-corrected chi connectivity index (χ0v) is 12.2. The second-order valence-electron chi connectivity index (χ2n) is 4.25. The van der Waals surface area contributed by atoms with Crippen molar-refractivity contribution in [3.05, 3.63) is 28.9 Å². The van der Waals surface area contributed by atoms with Crippen LogP contribution in [0.25, 0.3) is 10.9 Å². The molecular weight excluding hydrogens is 292 g/mol. The van der Waals surface area contributed by atoms with Crippen LogP contribution in [0.1, 0.15) is 0 Å². The van der Waals surface area contributed by atoms with Crippen molar-refractivity contribution in [3.8, 4) is 0 Å². The number of hydrogen-bond donors (Lipinski definition) is 2. The number of pyridine rings is 1. The molecule has 96 valence electrons. The Labute approximate surface area is 115 Å². The minimum Gasteiger partial charge on any atom is -0.398 e. The molecule has 4 nitrogen and oxygen atoms in total. The van der Waals surface area contributed by atoms with Gasteiger partial charge in [-0.2, -0.15) is 0 Å². The molecule has 3 N–H and O–H groups in total. The summed E-state index contributed by atoms with van der Waals surface area (Å²) < 4.78 is 0.941. The Balaban J connectivity index is 2.48. The Morgan fingerprint density at radius 1 is 1.44 bits per heavy atom. The Kier molecular flexibility index (Phi) is 4.04. The van der Waals surface area contributed by atoms with Crippen molar-refractivity contribution < 1.29 is 0 Å². The fourth-order valence-electron chi connectivity index (χ4n) is 1.91. The van der Waals surface area contributed by atoms with Crippen LogP contribution in [0, 0.1) is 0 Å². The van der Waals surface area contributed by atoms with E-state index in [4.69, 9.17) is 5.73 Å². The number of anilines is 2. The van der Waals surface area contributed by atoms with Gasteiger partial charge >= 0.3 is 0 Å². The Bertz CT molecular complexity index is 556. The number of aromatic nitrogens is 1. The fraction of sp³-hybridized carbons (Fsp3) is 0.308. The van der Waals surface area contributed by atoms with Crippen LogP contribution in [0.5, 0.6) is 0 Å². The summed E-state index contributed by atoms with van der Waals surface area (Å²) in [6, 6.07) is 5.96. The van der Waals surface area contributed by atoms with Gasteiger partial charge in [-0.3, -0.25) is 4.98 Å². The summed E-state index contributed by atoms with van der Waals surface area (Å²) in [5.74, 6) is 0. The quantitative estimate of drug-likeness (QED) is 0.851. The molecule has 1 aromatic carbocycles. The third-order valence-electron chi connectivity index (χ3n) is 2.94. The first kappa shape index (κ1) is 13.1. The molecule has 1 heterocycles. The number of hydrogen-bond acceptors (Lipinski definition) is 4. The number of halogens is 1. The van der Waals surface area contributed by atoms with Crippen molar-refractivity contribution in [2.24, 2.45) is 0 Å². The van der Waals surface area contributed by atoms with Crippen molar-refractivity contribution in [3.63, 3.8) is 0 Å². The highest BCUT2D eigenvalue weighted by Crippen LogP contribution is 2.30. The van der Waals surface area contributed by atoms with Crippen molar-refractivity contribution in [2.45, 2.75) is 0 Å². The van der Waals surface area contributed by atoms with E-state index < -0.39 is 0 Å². The highest BCUT2D eigenvalue weighted by atomic mass is 79.9. The van der Waals surface area contributed by atoms with Crippen LogP contribution < -0.4 is 16.0 Å². The second kappa shape index (κ2) is 5.54. The van der Waals surface area contributed by atoms with Gasteiger partial charge in [0, 0.05) is 41.9 Å². The third-order valence-corrected chi connectivity index (χ3v) is 3.37. The lowest BCUT2D eigenvalue weighted by atomic mass is 10.1. The monoisotopic (exact) mass is 308 g/mol. The molecule has 0 bridgehead atoms. The first-order valence-electron chi connectivity index (χ1n) is 5.83. The van der Waals surface area contributed by atoms with Gasteiger partial charge in [0.1, 0.15) is 0 Å². The number of nitrogens with one attached hydrogen (secondary N) is 1. The Hall–Kier alpha value is -1.33. The molecule has 5 heteroatoms. The van der Waals surface area contributed by atoms with Gasteiger partial charge < -0.3 is 16.0 Å². The van der Waals surface area contributed by atoms with E-state index in [9.17, 15) is 0 Å². The molecule has 0 spiro atoms. The standard InChI is InChI=1S/C13H17BrN4/c1-16-5-6-18(2)12-4-3-11(15)10-7-9(14)8-17-13(10)12/h3-4,7-8,16H,5-6,15H2,1-2H3. The van der Waals surface area contributed by atoms with Gasteiger partial charge in [-0.05, 0) is 41.2 Å². The van der Waals surface area contributed by atoms with Gasteiger partial charge in [0.25, 0.3) is 0 Å². The smallest absolute Gasteiger partial charge is 0.0956 e. The zero-order chi connectivity index (χ0) is 13.1. The average Bonchev–Trinajstić information content (AvgIpc) is 2.37. The van der Waals surface area contributed by atoms with E-state index in [0.717, 1.165) is 39.8 Å². The van der Waals surface area contributed by atoms with Gasteiger partial charge in [-0.15, -0.1) is 0 Å². The maximum absolute atomic E-state index is 6.00. The van der Waals surface area contributed by atoms with Crippen molar-refractivity contribution in [1.82, 2.24) is 10.3 Å². The van der Waals surface area contributed by atoms with Gasteiger partial charge in [0.05, 0.1) is 11.2 Å². The average molecular weight is 309 g/mol. The van der Waals surface area contributed by atoms with Crippen LogP contribution in [0.3, 0.4) is 0 Å². The van der Waals surface area contributed by atoms with E-state index in [1.165, 1.54) is 0 Å². The number of likely N-dealkylation sites (N-methyl/N-ethyl adjacent to an activating group) is 2. The van der Waals surface area contributed by atoms with Crippen molar-refractivity contribution in [1.29, 1.82) is 0 Å². The van der Waals surface area contributed by atoms with Gasteiger partial charge in [-0.1, -0.05) is 0 Å². The van der Waals surface area contributed by atoms with Crippen LogP contribution in [-0.2, 0) is 0 Å². The van der Waals surface area contributed by atoms with Crippen LogP contribution in [0.2, 0.25) is 0 Å². The van der Waals surface area contributed by atoms with Gasteiger partial charge in [0.2, 0.25) is 0 Å². The normalized spacial score (nSPS) is 10.8. The van der Waals surface area contributed by atoms with Gasteiger partial charge in [0.15, 0.2) is 0 Å². The third kappa shape index (κ3) is 2.57. The van der Waals surface area contributed by atoms with Crippen LogP contribution >= 0.6 is 15.9 Å². The summed E-state index contributed by atoms with van der Waals surface area (Å²) in [6.45, 7) is 1.85. The number of fused-ring (bicyclic) bond motifs is 1. The molecule has 0 unspecified atom stereocenters. The van der Waals surface area contributed by atoms with Crippen molar-refractivity contribution in [2.75, 3.05) is 37.8 Å². The number of rotatable bonds is 4. The molecule has 2 rings (SSSR count). The van der Waals surface area contributed by atoms with E-state index in [0.29, 0.717) is 0 Å². The van der Waals surface area contributed by atoms with Crippen LogP contribution in [-0.4, -0.2) is 32.2 Å². The van der Waals surface area contributed by atoms with Crippen LogP contribution in [0.4, 0.5) is 11.4 Å². The van der Waals surface area contributed by atoms with Crippen molar-refractivity contribution >= 4 is 38.2 Å². The molecule has 0 aliphatic heterocycles. The number of nitrogens with zero attached hydrogens (tertiary/aromatic N) is 2. The minimum absolute atomic E-state index is 0.754. The number of nitrogens with two attached hydrogens (primary N) is 1. The first-order chi connectivity index (χ1) is 8.63. The molecule has 0 amide bonds. The molecule has 1 aromatic heterocycles. The Morgan fingerprint density at radius 2 is 2.22 bits per heavy atom. The lowest BCUT2D eigenvalue weighted by molar-refractivity contribution is 0.769. The molecule has 0 atom stereocenters. The lowest BCUT2D eigenvalue weighted by Crippen LogP contribution is -2.27. The fourth-order valence-corrected chi connectivity index (χ4v) is 2.24. The molecular formula is C13H17BrN4. The zero-order valence-electron chi connectivity index (χ0n) is 10.6. The summed E-state index contributed by atoms with van der Waals surface area (Å²) in [5.41, 5.74) is 8.80. The summed E-state index contributed by atoms with van der Waals surface area (Å²) in [5, 5.41) is 4.13. The SMILES string of the molecule is CNCCN(C)c1ccc(N)c2cc(Br)cnc12. The summed E-state index contributed by atoms with van der Waals surface area (Å²) >= 11 is 3.43. The maximum Gasteiger partial charge on any atom is 0.0956 e. The predicted molar refractivity (Wildman–Crippen MR) is 81.1 cm³/mol. The molecule has 0 saturated carbocycles. The highest BCUT2D eigenvalue weighted by molar-refractivity contribution is 9.10. The highest BCUT2D eigenvalue weighted by Gasteiger charge is 2.09. The largest absolute Gasteiger partial charge is 0.398 e. The molecule has 0 aliphatic rings. The molecule has 0 saturated heterocycles. The number of benzene rings is 1. The molecule has 18 heavy (non-hydrogen) atoms. The predicted octanol–water partition coefficient (Wildman–Crippen LogP) is 2.24. The maximum atomic E-state index is 6.00. The summed E-state index contributed by atoms with van der Waals surface area (Å²) in [6.07, 6.45) is 1.80. The van der Waals surface area contributed by atoms with E-state index in [2.05, 4.69) is 38.2 Å². The van der Waals surface area contributed by atoms with E-state index in [1.54, 1.807) is 6.20 Å². The molecule has 2 aromatic rings. The van der Waals surface area contributed by atoms with E-state index >= 15 is 0 Å². The van der Waals surface area contributed by atoms with E-state index in [1.807, 2.05) is 25.2 Å². The summed E-state index contributed by atoms with van der Waals surface area (Å²) in [7, 11) is 4.01. The minimum atomic E-state index is 0.754. The summed E-state index contributed by atoms with van der Waals surface area (Å²) in [4.78, 5) is 6.66. The molecule has 0 fully saturated rings. The topological polar surface area (TPSA) is 54.2 Å². The molecule has 0 radical (unpaired) electrons. The van der Waals surface area contributed by atoms with Gasteiger partial charge in [-0.25, -0.2) is 0 Å².